The summed E-state index contributed by atoms with van der Waals surface area (Å²) in [6.45, 7) is 10.2. The molecule has 3 aliphatic carbocycles. The van der Waals surface area contributed by atoms with E-state index in [1.807, 2.05) is 0 Å². The SMILES string of the molecule is CC1CC[C@@H]2[C@H](CC[C@]3(C)C(C)CC[C@@H]23)C1C. The number of hydrogen-bond donors (Lipinski definition) is 0. The zero-order chi connectivity index (χ0) is 12.2. The first-order valence-corrected chi connectivity index (χ1v) is 8.04. The van der Waals surface area contributed by atoms with E-state index in [1.54, 1.807) is 12.8 Å². The molecule has 17 heavy (non-hydrogen) atoms. The summed E-state index contributed by atoms with van der Waals surface area (Å²) in [6.07, 6.45) is 9.16. The van der Waals surface area contributed by atoms with Crippen LogP contribution >= 0.6 is 0 Å². The lowest BCUT2D eigenvalue weighted by molar-refractivity contribution is -0.0413. The summed E-state index contributed by atoms with van der Waals surface area (Å²) >= 11 is 0. The van der Waals surface area contributed by atoms with E-state index >= 15 is 0 Å². The minimum absolute atomic E-state index is 0.710. The summed E-state index contributed by atoms with van der Waals surface area (Å²) in [7, 11) is 0. The molecular weight excluding hydrogens is 204 g/mol. The van der Waals surface area contributed by atoms with Crippen molar-refractivity contribution < 1.29 is 0 Å². The van der Waals surface area contributed by atoms with Crippen molar-refractivity contribution in [1.82, 2.24) is 0 Å². The monoisotopic (exact) mass is 234 g/mol. The third kappa shape index (κ3) is 1.62. The van der Waals surface area contributed by atoms with Crippen LogP contribution in [0.15, 0.2) is 0 Å². The Morgan fingerprint density at radius 2 is 1.59 bits per heavy atom. The lowest BCUT2D eigenvalue weighted by Crippen LogP contribution is -2.46. The highest BCUT2D eigenvalue weighted by Gasteiger charge is 2.54. The third-order valence-electron chi connectivity index (χ3n) is 7.49. The van der Waals surface area contributed by atoms with E-state index in [-0.39, 0.29) is 0 Å². The topological polar surface area (TPSA) is 0 Å². The first-order chi connectivity index (χ1) is 8.04. The predicted molar refractivity (Wildman–Crippen MR) is 73.8 cm³/mol. The highest BCUT2D eigenvalue weighted by Crippen LogP contribution is 2.62. The molecule has 0 saturated heterocycles. The Hall–Kier alpha value is 0. The van der Waals surface area contributed by atoms with Gasteiger partial charge in [0, 0.05) is 0 Å². The van der Waals surface area contributed by atoms with Gasteiger partial charge in [-0.15, -0.1) is 0 Å². The van der Waals surface area contributed by atoms with Gasteiger partial charge in [-0.1, -0.05) is 34.1 Å². The molecule has 3 unspecified atom stereocenters. The van der Waals surface area contributed by atoms with Gasteiger partial charge in [0.2, 0.25) is 0 Å². The van der Waals surface area contributed by atoms with E-state index in [2.05, 4.69) is 27.7 Å². The second-order valence-electron chi connectivity index (χ2n) is 7.87. The van der Waals surface area contributed by atoms with Gasteiger partial charge in [-0.2, -0.15) is 0 Å². The highest BCUT2D eigenvalue weighted by atomic mass is 14.6. The van der Waals surface area contributed by atoms with Crippen LogP contribution < -0.4 is 0 Å². The predicted octanol–water partition coefficient (Wildman–Crippen LogP) is 5.13. The molecule has 3 rings (SSSR count). The van der Waals surface area contributed by atoms with Crippen LogP contribution in [0.1, 0.15) is 66.2 Å². The van der Waals surface area contributed by atoms with E-state index in [4.69, 9.17) is 0 Å². The van der Waals surface area contributed by atoms with E-state index in [1.165, 1.54) is 25.7 Å². The molecular formula is C17H30. The van der Waals surface area contributed by atoms with Crippen LogP contribution in [-0.2, 0) is 0 Å². The maximum Gasteiger partial charge on any atom is -0.0269 e. The number of hydrogen-bond acceptors (Lipinski definition) is 0. The molecule has 0 N–H and O–H groups in total. The zero-order valence-corrected chi connectivity index (χ0v) is 12.2. The molecule has 3 saturated carbocycles. The van der Waals surface area contributed by atoms with Crippen molar-refractivity contribution in [3.8, 4) is 0 Å². The Morgan fingerprint density at radius 3 is 2.35 bits per heavy atom. The van der Waals surface area contributed by atoms with Crippen LogP contribution in [0.25, 0.3) is 0 Å². The summed E-state index contributed by atoms with van der Waals surface area (Å²) < 4.78 is 0. The molecule has 0 amide bonds. The molecule has 0 bridgehead atoms. The lowest BCUT2D eigenvalue weighted by Gasteiger charge is -2.53. The Morgan fingerprint density at radius 1 is 0.824 bits per heavy atom. The second kappa shape index (κ2) is 4.00. The van der Waals surface area contributed by atoms with E-state index in [0.717, 1.165) is 35.5 Å². The van der Waals surface area contributed by atoms with Crippen molar-refractivity contribution >= 4 is 0 Å². The van der Waals surface area contributed by atoms with Gasteiger partial charge in [0.1, 0.15) is 0 Å². The summed E-state index contributed by atoms with van der Waals surface area (Å²) in [5.74, 6) is 6.20. The van der Waals surface area contributed by atoms with Gasteiger partial charge in [0.05, 0.1) is 0 Å². The minimum Gasteiger partial charge on any atom is -0.0622 e. The van der Waals surface area contributed by atoms with Crippen molar-refractivity contribution in [1.29, 1.82) is 0 Å². The Kier molecular flexibility index (Phi) is 2.84. The summed E-state index contributed by atoms with van der Waals surface area (Å²) in [6, 6.07) is 0. The van der Waals surface area contributed by atoms with Crippen molar-refractivity contribution in [3.05, 3.63) is 0 Å². The van der Waals surface area contributed by atoms with Gasteiger partial charge in [-0.3, -0.25) is 0 Å². The fourth-order valence-corrected chi connectivity index (χ4v) is 5.79. The van der Waals surface area contributed by atoms with Gasteiger partial charge in [0.15, 0.2) is 0 Å². The van der Waals surface area contributed by atoms with Crippen LogP contribution in [0.3, 0.4) is 0 Å². The summed E-state index contributed by atoms with van der Waals surface area (Å²) in [5.41, 5.74) is 0.710. The van der Waals surface area contributed by atoms with Gasteiger partial charge in [-0.25, -0.2) is 0 Å². The zero-order valence-electron chi connectivity index (χ0n) is 12.2. The fourth-order valence-electron chi connectivity index (χ4n) is 5.79. The van der Waals surface area contributed by atoms with E-state index < -0.39 is 0 Å². The molecule has 0 aromatic rings. The Bertz CT molecular complexity index is 294. The summed E-state index contributed by atoms with van der Waals surface area (Å²) in [5, 5.41) is 0. The van der Waals surface area contributed by atoms with Gasteiger partial charge < -0.3 is 0 Å². The second-order valence-corrected chi connectivity index (χ2v) is 7.87. The van der Waals surface area contributed by atoms with Crippen LogP contribution in [0.4, 0.5) is 0 Å². The van der Waals surface area contributed by atoms with Crippen molar-refractivity contribution in [3.63, 3.8) is 0 Å². The molecule has 0 spiro atoms. The van der Waals surface area contributed by atoms with Gasteiger partial charge in [-0.05, 0) is 73.0 Å². The van der Waals surface area contributed by atoms with Crippen LogP contribution in [0, 0.1) is 40.9 Å². The fraction of sp³-hybridized carbons (Fsp3) is 1.00. The van der Waals surface area contributed by atoms with E-state index in [0.29, 0.717) is 5.41 Å². The maximum absolute atomic E-state index is 2.62. The first kappa shape index (κ1) is 12.1. The molecule has 3 aliphatic rings. The normalized spacial score (nSPS) is 58.6. The Labute approximate surface area is 108 Å². The van der Waals surface area contributed by atoms with Gasteiger partial charge in [0.25, 0.3) is 0 Å². The van der Waals surface area contributed by atoms with Crippen LogP contribution in [0.2, 0.25) is 0 Å². The molecule has 0 heteroatoms. The summed E-state index contributed by atoms with van der Waals surface area (Å²) in [4.78, 5) is 0. The van der Waals surface area contributed by atoms with E-state index in [9.17, 15) is 0 Å². The van der Waals surface area contributed by atoms with Crippen molar-refractivity contribution in [2.45, 2.75) is 66.2 Å². The average Bonchev–Trinajstić information content (AvgIpc) is 2.61. The molecule has 0 nitrogen and oxygen atoms in total. The maximum atomic E-state index is 2.62. The molecule has 0 aliphatic heterocycles. The van der Waals surface area contributed by atoms with Crippen molar-refractivity contribution in [2.75, 3.05) is 0 Å². The molecule has 0 aromatic carbocycles. The molecule has 7 atom stereocenters. The molecule has 0 aromatic heterocycles. The third-order valence-corrected chi connectivity index (χ3v) is 7.49. The molecule has 98 valence electrons. The number of rotatable bonds is 0. The molecule has 0 heterocycles. The first-order valence-electron chi connectivity index (χ1n) is 8.04. The van der Waals surface area contributed by atoms with Crippen LogP contribution in [0.5, 0.6) is 0 Å². The number of fused-ring (bicyclic) bond motifs is 3. The largest absolute Gasteiger partial charge is 0.0622 e. The minimum atomic E-state index is 0.710. The smallest absolute Gasteiger partial charge is 0.0269 e. The quantitative estimate of drug-likeness (QED) is 0.545. The van der Waals surface area contributed by atoms with Crippen LogP contribution in [-0.4, -0.2) is 0 Å². The molecule has 0 radical (unpaired) electrons. The standard InChI is InChI=1S/C17H30/c1-11-5-7-15-14(13(11)3)9-10-17(4)12(2)6-8-16(15)17/h11-16H,5-10H2,1-4H3/t11?,12?,13?,14-,15-,16+,17-/m1/s1. The molecule has 3 fully saturated rings. The average molecular weight is 234 g/mol. The van der Waals surface area contributed by atoms with Crippen molar-refractivity contribution in [2.24, 2.45) is 40.9 Å². The Balaban J connectivity index is 1.85. The lowest BCUT2D eigenvalue weighted by atomic mass is 9.52. The van der Waals surface area contributed by atoms with Gasteiger partial charge >= 0.3 is 0 Å². The highest BCUT2D eigenvalue weighted by molar-refractivity contribution is 5.03.